The second-order valence-electron chi connectivity index (χ2n) is 6.26. The predicted molar refractivity (Wildman–Crippen MR) is 103 cm³/mol. The first-order chi connectivity index (χ1) is 12.9. The van der Waals surface area contributed by atoms with Crippen LogP contribution in [0.5, 0.6) is 5.88 Å². The molecule has 0 fully saturated rings. The number of benzene rings is 1. The number of nitro groups is 1. The van der Waals surface area contributed by atoms with E-state index in [-0.39, 0.29) is 27.9 Å². The zero-order valence-electron chi connectivity index (χ0n) is 14.6. The number of unbranched alkanes of at least 4 members (excludes halogenated alkanes) is 1. The minimum absolute atomic E-state index is 0.0173. The van der Waals surface area contributed by atoms with Crippen molar-refractivity contribution in [2.45, 2.75) is 38.8 Å². The van der Waals surface area contributed by atoms with Crippen LogP contribution < -0.4 is 11.0 Å². The minimum Gasteiger partial charge on any atom is -0.494 e. The van der Waals surface area contributed by atoms with Crippen molar-refractivity contribution in [2.24, 2.45) is 5.10 Å². The molecule has 1 aliphatic heterocycles. The van der Waals surface area contributed by atoms with Gasteiger partial charge in [-0.3, -0.25) is 24.5 Å². The average molecular weight is 389 g/mol. The van der Waals surface area contributed by atoms with Crippen LogP contribution in [-0.2, 0) is 6.54 Å². The fourth-order valence-electron chi connectivity index (χ4n) is 2.99. The molecule has 9 nitrogen and oxygen atoms in total. The van der Waals surface area contributed by atoms with E-state index in [1.165, 1.54) is 16.7 Å². The molecule has 0 amide bonds. The zero-order chi connectivity index (χ0) is 19.6. The van der Waals surface area contributed by atoms with Crippen LogP contribution in [0.1, 0.15) is 43.4 Å². The Morgan fingerprint density at radius 3 is 2.96 bits per heavy atom. The summed E-state index contributed by atoms with van der Waals surface area (Å²) in [6.07, 6.45) is 2.02. The minimum atomic E-state index is -0.509. The molecular formula is C17H19N5O4S. The van der Waals surface area contributed by atoms with Gasteiger partial charge >= 0.3 is 0 Å². The Morgan fingerprint density at radius 1 is 1.48 bits per heavy atom. The molecule has 142 valence electrons. The van der Waals surface area contributed by atoms with Crippen molar-refractivity contribution >= 4 is 23.6 Å². The van der Waals surface area contributed by atoms with Crippen LogP contribution in [0.25, 0.3) is 0 Å². The summed E-state index contributed by atoms with van der Waals surface area (Å²) in [5.41, 5.74) is 3.49. The Balaban J connectivity index is 1.91. The van der Waals surface area contributed by atoms with E-state index < -0.39 is 10.5 Å². The summed E-state index contributed by atoms with van der Waals surface area (Å²) in [6.45, 7) is 2.50. The van der Waals surface area contributed by atoms with Crippen molar-refractivity contribution in [3.8, 4) is 5.88 Å². The molecule has 0 radical (unpaired) electrons. The topological polar surface area (TPSA) is 126 Å². The quantitative estimate of drug-likeness (QED) is 0.396. The number of hydrogen-bond donors (Lipinski definition) is 3. The molecule has 1 aliphatic rings. The number of H-pyrrole nitrogens is 1. The van der Waals surface area contributed by atoms with Gasteiger partial charge in [0.15, 0.2) is 4.77 Å². The Bertz CT molecular complexity index is 1030. The smallest absolute Gasteiger partial charge is 0.269 e. The summed E-state index contributed by atoms with van der Waals surface area (Å²) < 4.78 is 1.65. The summed E-state index contributed by atoms with van der Waals surface area (Å²) in [5.74, 6) is -0.211. The second-order valence-corrected chi connectivity index (χ2v) is 6.65. The van der Waals surface area contributed by atoms with E-state index in [1.807, 2.05) is 6.92 Å². The van der Waals surface area contributed by atoms with Crippen LogP contribution >= 0.6 is 12.2 Å². The lowest BCUT2D eigenvalue weighted by Gasteiger charge is -2.12. The number of nitrogens with zero attached hydrogens (tertiary/aromatic N) is 3. The van der Waals surface area contributed by atoms with Gasteiger partial charge in [-0.15, -0.1) is 0 Å². The summed E-state index contributed by atoms with van der Waals surface area (Å²) in [7, 11) is 0. The third kappa shape index (κ3) is 3.75. The highest BCUT2D eigenvalue weighted by molar-refractivity contribution is 7.71. The first-order valence-corrected chi connectivity index (χ1v) is 8.96. The van der Waals surface area contributed by atoms with E-state index in [2.05, 4.69) is 15.5 Å². The first-order valence-electron chi connectivity index (χ1n) is 8.55. The average Bonchev–Trinajstić information content (AvgIpc) is 3.11. The van der Waals surface area contributed by atoms with Gasteiger partial charge in [0.25, 0.3) is 11.2 Å². The number of nitrogens with one attached hydrogen (secondary N) is 2. The van der Waals surface area contributed by atoms with Crippen LogP contribution in [-0.4, -0.2) is 25.3 Å². The Kier molecular flexibility index (Phi) is 5.36. The predicted octanol–water partition coefficient (Wildman–Crippen LogP) is 2.76. The Morgan fingerprint density at radius 2 is 2.26 bits per heavy atom. The lowest BCUT2D eigenvalue weighted by atomic mass is 9.99. The molecule has 1 unspecified atom stereocenters. The molecule has 3 rings (SSSR count). The molecule has 0 spiro atoms. The molecule has 1 aromatic carbocycles. The highest BCUT2D eigenvalue weighted by atomic mass is 32.1. The van der Waals surface area contributed by atoms with Crippen LogP contribution in [0.3, 0.4) is 0 Å². The maximum Gasteiger partial charge on any atom is 0.269 e. The number of rotatable bonds is 6. The fourth-order valence-corrected chi connectivity index (χ4v) is 3.26. The van der Waals surface area contributed by atoms with Gasteiger partial charge < -0.3 is 10.5 Å². The monoisotopic (exact) mass is 389 g/mol. The Hall–Kier alpha value is -3.01. The molecule has 2 heterocycles. The van der Waals surface area contributed by atoms with Crippen molar-refractivity contribution in [1.82, 2.24) is 15.0 Å². The van der Waals surface area contributed by atoms with Crippen molar-refractivity contribution in [1.29, 1.82) is 0 Å². The summed E-state index contributed by atoms with van der Waals surface area (Å²) in [5, 5.41) is 25.7. The largest absolute Gasteiger partial charge is 0.494 e. The van der Waals surface area contributed by atoms with Crippen molar-refractivity contribution in [3.63, 3.8) is 0 Å². The van der Waals surface area contributed by atoms with Gasteiger partial charge in [-0.05, 0) is 24.2 Å². The SMILES string of the molecule is CCCCn1c(O)c(C2=NNC(c3cccc([N+](=O)[O-])c3)C2)c(=O)[nH]c1=S. The molecule has 1 aromatic heterocycles. The number of hydrazone groups is 1. The number of aromatic nitrogens is 2. The molecule has 1 atom stereocenters. The summed E-state index contributed by atoms with van der Waals surface area (Å²) in [6, 6.07) is 5.90. The van der Waals surface area contributed by atoms with Gasteiger partial charge in [-0.25, -0.2) is 0 Å². The normalized spacial score (nSPS) is 16.0. The summed E-state index contributed by atoms with van der Waals surface area (Å²) in [4.78, 5) is 25.4. The van der Waals surface area contributed by atoms with Crippen molar-refractivity contribution < 1.29 is 10.0 Å². The third-order valence-corrected chi connectivity index (χ3v) is 4.75. The van der Waals surface area contributed by atoms with Crippen LogP contribution in [0.2, 0.25) is 0 Å². The van der Waals surface area contributed by atoms with Gasteiger partial charge in [0.2, 0.25) is 5.88 Å². The number of aromatic hydroxyl groups is 1. The summed E-state index contributed by atoms with van der Waals surface area (Å²) >= 11 is 5.14. The number of hydrogen-bond acceptors (Lipinski definition) is 7. The maximum absolute atomic E-state index is 12.4. The van der Waals surface area contributed by atoms with Crippen LogP contribution in [0, 0.1) is 14.9 Å². The van der Waals surface area contributed by atoms with Crippen molar-refractivity contribution in [3.05, 3.63) is 60.6 Å². The molecule has 10 heteroatoms. The van der Waals surface area contributed by atoms with E-state index in [1.54, 1.807) is 12.1 Å². The highest BCUT2D eigenvalue weighted by Gasteiger charge is 2.27. The standard InChI is InChI=1S/C17H19N5O4S/c1-2-3-7-21-16(24)14(15(23)18-17(21)27)13-9-12(19-20-13)10-5-4-6-11(8-10)22(25)26/h4-6,8,12,19,24H,2-3,7,9H2,1H3,(H,18,23,27). The van der Waals surface area contributed by atoms with E-state index in [0.29, 0.717) is 24.2 Å². The highest BCUT2D eigenvalue weighted by Crippen LogP contribution is 2.28. The fraction of sp³-hybridized carbons (Fsp3) is 0.353. The van der Waals surface area contributed by atoms with Gasteiger partial charge in [-0.1, -0.05) is 25.5 Å². The number of non-ortho nitro benzene ring substituents is 1. The molecule has 2 aromatic rings. The molecule has 3 N–H and O–H groups in total. The molecular weight excluding hydrogens is 370 g/mol. The molecule has 0 saturated heterocycles. The van der Waals surface area contributed by atoms with Crippen molar-refractivity contribution in [2.75, 3.05) is 0 Å². The van der Waals surface area contributed by atoms with E-state index in [0.717, 1.165) is 12.8 Å². The van der Waals surface area contributed by atoms with E-state index >= 15 is 0 Å². The Labute approximate surface area is 159 Å². The van der Waals surface area contributed by atoms with Gasteiger partial charge in [0, 0.05) is 25.1 Å². The van der Waals surface area contributed by atoms with E-state index in [4.69, 9.17) is 12.2 Å². The zero-order valence-corrected chi connectivity index (χ0v) is 15.5. The number of aromatic amines is 1. The van der Waals surface area contributed by atoms with Gasteiger partial charge in [0.05, 0.1) is 16.7 Å². The van der Waals surface area contributed by atoms with E-state index in [9.17, 15) is 20.0 Å². The second kappa shape index (κ2) is 7.70. The maximum atomic E-state index is 12.4. The van der Waals surface area contributed by atoms with Gasteiger partial charge in [0.1, 0.15) is 5.56 Å². The third-order valence-electron chi connectivity index (χ3n) is 4.43. The molecule has 0 aliphatic carbocycles. The van der Waals surface area contributed by atoms with Crippen LogP contribution in [0.15, 0.2) is 34.2 Å². The lowest BCUT2D eigenvalue weighted by Crippen LogP contribution is -2.22. The van der Waals surface area contributed by atoms with Crippen LogP contribution in [0.4, 0.5) is 5.69 Å². The molecule has 0 saturated carbocycles. The lowest BCUT2D eigenvalue weighted by molar-refractivity contribution is -0.384. The number of nitro benzene ring substituents is 1. The molecule has 0 bridgehead atoms. The van der Waals surface area contributed by atoms with Gasteiger partial charge in [-0.2, -0.15) is 5.10 Å². The molecule has 27 heavy (non-hydrogen) atoms. The first kappa shape index (κ1) is 18.8.